The van der Waals surface area contributed by atoms with Crippen LogP contribution in [0.3, 0.4) is 0 Å². The maximum atomic E-state index is 12.8. The SMILES string of the molecule is Cc1ccc(-c2nnc(NC(=O)c3cccc(S(=O)(=O)N4CCOCC4)c3)s2)cc1. The maximum absolute atomic E-state index is 12.8. The average Bonchev–Trinajstić information content (AvgIpc) is 3.23. The molecule has 10 heteroatoms. The quantitative estimate of drug-likeness (QED) is 0.649. The van der Waals surface area contributed by atoms with Gasteiger partial charge in [-0.1, -0.05) is 47.2 Å². The van der Waals surface area contributed by atoms with E-state index in [2.05, 4.69) is 15.5 Å². The van der Waals surface area contributed by atoms with E-state index in [4.69, 9.17) is 4.74 Å². The summed E-state index contributed by atoms with van der Waals surface area (Å²) in [5.74, 6) is -0.444. The van der Waals surface area contributed by atoms with Crippen molar-refractivity contribution in [3.8, 4) is 10.6 Å². The van der Waals surface area contributed by atoms with Crippen LogP contribution in [-0.2, 0) is 14.8 Å². The van der Waals surface area contributed by atoms with Crippen LogP contribution in [0.1, 0.15) is 15.9 Å². The minimum atomic E-state index is -3.68. The van der Waals surface area contributed by atoms with Crippen LogP contribution in [0, 0.1) is 6.92 Å². The Kier molecular flexibility index (Phi) is 5.91. The van der Waals surface area contributed by atoms with E-state index in [1.54, 1.807) is 12.1 Å². The summed E-state index contributed by atoms with van der Waals surface area (Å²) < 4.78 is 32.2. The van der Waals surface area contributed by atoms with Crippen LogP contribution in [-0.4, -0.2) is 55.1 Å². The predicted molar refractivity (Wildman–Crippen MR) is 114 cm³/mol. The highest BCUT2D eigenvalue weighted by molar-refractivity contribution is 7.89. The van der Waals surface area contributed by atoms with Crippen molar-refractivity contribution in [2.45, 2.75) is 11.8 Å². The fourth-order valence-corrected chi connectivity index (χ4v) is 5.19. The zero-order valence-electron chi connectivity index (χ0n) is 16.2. The van der Waals surface area contributed by atoms with Crippen molar-refractivity contribution >= 4 is 32.4 Å². The van der Waals surface area contributed by atoms with E-state index in [9.17, 15) is 13.2 Å². The Morgan fingerprint density at radius 1 is 1.10 bits per heavy atom. The van der Waals surface area contributed by atoms with Gasteiger partial charge in [0.15, 0.2) is 0 Å². The van der Waals surface area contributed by atoms with Gasteiger partial charge in [0, 0.05) is 24.2 Å². The Morgan fingerprint density at radius 3 is 2.57 bits per heavy atom. The molecule has 0 aliphatic carbocycles. The lowest BCUT2D eigenvalue weighted by Crippen LogP contribution is -2.40. The zero-order valence-corrected chi connectivity index (χ0v) is 17.9. The zero-order chi connectivity index (χ0) is 21.1. The Balaban J connectivity index is 1.50. The second-order valence-corrected chi connectivity index (χ2v) is 9.69. The fourth-order valence-electron chi connectivity index (χ4n) is 2.99. The van der Waals surface area contributed by atoms with E-state index < -0.39 is 15.9 Å². The third-order valence-corrected chi connectivity index (χ3v) is 7.43. The maximum Gasteiger partial charge on any atom is 0.257 e. The number of aryl methyl sites for hydroxylation is 1. The number of carbonyl (C=O) groups is 1. The molecule has 1 fully saturated rings. The van der Waals surface area contributed by atoms with Crippen molar-refractivity contribution in [2.24, 2.45) is 0 Å². The summed E-state index contributed by atoms with van der Waals surface area (Å²) >= 11 is 1.25. The number of morpholine rings is 1. The number of nitrogens with one attached hydrogen (secondary N) is 1. The van der Waals surface area contributed by atoms with Crippen LogP contribution in [0.5, 0.6) is 0 Å². The van der Waals surface area contributed by atoms with Crippen molar-refractivity contribution in [1.82, 2.24) is 14.5 Å². The topological polar surface area (TPSA) is 101 Å². The molecule has 1 N–H and O–H groups in total. The summed E-state index contributed by atoms with van der Waals surface area (Å²) in [5, 5.41) is 11.9. The van der Waals surface area contributed by atoms with Gasteiger partial charge in [-0.2, -0.15) is 4.31 Å². The van der Waals surface area contributed by atoms with Crippen LogP contribution < -0.4 is 5.32 Å². The molecule has 4 rings (SSSR count). The molecular formula is C20H20N4O4S2. The number of hydrogen-bond donors (Lipinski definition) is 1. The van der Waals surface area contributed by atoms with E-state index in [1.807, 2.05) is 31.2 Å². The van der Waals surface area contributed by atoms with Crippen molar-refractivity contribution < 1.29 is 17.9 Å². The van der Waals surface area contributed by atoms with E-state index >= 15 is 0 Å². The average molecular weight is 445 g/mol. The van der Waals surface area contributed by atoms with Crippen molar-refractivity contribution in [1.29, 1.82) is 0 Å². The van der Waals surface area contributed by atoms with E-state index in [0.717, 1.165) is 11.1 Å². The number of carbonyl (C=O) groups excluding carboxylic acids is 1. The molecule has 1 saturated heterocycles. The molecule has 3 aromatic rings. The molecule has 0 spiro atoms. The van der Waals surface area contributed by atoms with Gasteiger partial charge in [-0.05, 0) is 25.1 Å². The number of anilines is 1. The van der Waals surface area contributed by atoms with Crippen LogP contribution >= 0.6 is 11.3 Å². The normalized spacial score (nSPS) is 15.1. The molecule has 1 aliphatic rings. The minimum absolute atomic E-state index is 0.0784. The second kappa shape index (κ2) is 8.60. The van der Waals surface area contributed by atoms with Gasteiger partial charge in [0.25, 0.3) is 5.91 Å². The number of amides is 1. The molecule has 1 amide bonds. The first kappa shape index (κ1) is 20.6. The molecule has 8 nitrogen and oxygen atoms in total. The van der Waals surface area contributed by atoms with Gasteiger partial charge in [0.2, 0.25) is 15.2 Å². The van der Waals surface area contributed by atoms with E-state index in [-0.39, 0.29) is 10.5 Å². The first-order chi connectivity index (χ1) is 14.4. The highest BCUT2D eigenvalue weighted by atomic mass is 32.2. The molecule has 0 radical (unpaired) electrons. The van der Waals surface area contributed by atoms with Gasteiger partial charge < -0.3 is 4.74 Å². The lowest BCUT2D eigenvalue weighted by Gasteiger charge is -2.26. The molecule has 1 aromatic heterocycles. The van der Waals surface area contributed by atoms with Gasteiger partial charge in [-0.25, -0.2) is 8.42 Å². The van der Waals surface area contributed by atoms with Gasteiger partial charge in [-0.3, -0.25) is 10.1 Å². The lowest BCUT2D eigenvalue weighted by atomic mass is 10.2. The number of hydrogen-bond acceptors (Lipinski definition) is 7. The van der Waals surface area contributed by atoms with Crippen LogP contribution in [0.4, 0.5) is 5.13 Å². The Hall–Kier alpha value is -2.66. The third-order valence-electron chi connectivity index (χ3n) is 4.65. The second-order valence-electron chi connectivity index (χ2n) is 6.78. The van der Waals surface area contributed by atoms with Crippen molar-refractivity contribution in [3.63, 3.8) is 0 Å². The summed E-state index contributed by atoms with van der Waals surface area (Å²) in [5.41, 5.74) is 2.29. The Labute approximate surface area is 178 Å². The van der Waals surface area contributed by atoms with Crippen molar-refractivity contribution in [2.75, 3.05) is 31.6 Å². The fraction of sp³-hybridized carbons (Fsp3) is 0.250. The molecule has 2 aromatic carbocycles. The van der Waals surface area contributed by atoms with E-state index in [1.165, 1.54) is 27.8 Å². The molecule has 156 valence electrons. The molecule has 30 heavy (non-hydrogen) atoms. The highest BCUT2D eigenvalue weighted by Crippen LogP contribution is 2.27. The van der Waals surface area contributed by atoms with Crippen molar-refractivity contribution in [3.05, 3.63) is 59.7 Å². The number of benzene rings is 2. The number of nitrogens with zero attached hydrogens (tertiary/aromatic N) is 3. The predicted octanol–water partition coefficient (Wildman–Crippen LogP) is 2.79. The summed E-state index contributed by atoms with van der Waals surface area (Å²) in [6, 6.07) is 13.8. The van der Waals surface area contributed by atoms with Gasteiger partial charge in [0.1, 0.15) is 5.01 Å². The van der Waals surface area contributed by atoms with Crippen LogP contribution in [0.15, 0.2) is 53.4 Å². The number of ether oxygens (including phenoxy) is 1. The van der Waals surface area contributed by atoms with Gasteiger partial charge >= 0.3 is 0 Å². The highest BCUT2D eigenvalue weighted by Gasteiger charge is 2.27. The molecule has 0 bridgehead atoms. The number of aromatic nitrogens is 2. The molecule has 1 aliphatic heterocycles. The first-order valence-corrected chi connectivity index (χ1v) is 11.6. The van der Waals surface area contributed by atoms with Crippen LogP contribution in [0.2, 0.25) is 0 Å². The summed E-state index contributed by atoms with van der Waals surface area (Å²) in [6.45, 7) is 3.32. The summed E-state index contributed by atoms with van der Waals surface area (Å²) in [6.07, 6.45) is 0. The Morgan fingerprint density at radius 2 is 1.83 bits per heavy atom. The standard InChI is InChI=1S/C20H20N4O4S2/c1-14-5-7-15(8-6-14)19-22-23-20(29-19)21-18(25)16-3-2-4-17(13-16)30(26,27)24-9-11-28-12-10-24/h2-8,13H,9-12H2,1H3,(H,21,23,25). The smallest absolute Gasteiger partial charge is 0.257 e. The third kappa shape index (κ3) is 4.41. The monoisotopic (exact) mass is 444 g/mol. The number of rotatable bonds is 5. The molecule has 0 saturated carbocycles. The molecule has 2 heterocycles. The lowest BCUT2D eigenvalue weighted by molar-refractivity contribution is 0.0730. The summed E-state index contributed by atoms with van der Waals surface area (Å²) in [7, 11) is -3.68. The first-order valence-electron chi connectivity index (χ1n) is 9.33. The van der Waals surface area contributed by atoms with Crippen LogP contribution in [0.25, 0.3) is 10.6 Å². The molecule has 0 unspecified atom stereocenters. The molecule has 0 atom stereocenters. The van der Waals surface area contributed by atoms with Gasteiger partial charge in [-0.15, -0.1) is 10.2 Å². The number of sulfonamides is 1. The minimum Gasteiger partial charge on any atom is -0.379 e. The summed E-state index contributed by atoms with van der Waals surface area (Å²) in [4.78, 5) is 12.7. The molecular weight excluding hydrogens is 424 g/mol. The van der Waals surface area contributed by atoms with Gasteiger partial charge in [0.05, 0.1) is 18.1 Å². The Bertz CT molecular complexity index is 1150. The largest absolute Gasteiger partial charge is 0.379 e. The van der Waals surface area contributed by atoms with E-state index in [0.29, 0.717) is 36.4 Å².